The maximum absolute atomic E-state index is 12.8. The van der Waals surface area contributed by atoms with Gasteiger partial charge >= 0.3 is 0 Å². The van der Waals surface area contributed by atoms with Gasteiger partial charge in [-0.3, -0.25) is 4.79 Å². The van der Waals surface area contributed by atoms with Crippen molar-refractivity contribution in [3.63, 3.8) is 0 Å². The molecule has 0 unspecified atom stereocenters. The zero-order valence-electron chi connectivity index (χ0n) is 13.1. The van der Waals surface area contributed by atoms with Gasteiger partial charge in [0.2, 0.25) is 10.0 Å². The number of benzene rings is 2. The number of nitrogens with zero attached hydrogens (tertiary/aromatic N) is 1. The largest absolute Gasteiger partial charge is 0.293 e. The molecule has 0 aliphatic heterocycles. The molecule has 2 aromatic rings. The van der Waals surface area contributed by atoms with Crippen LogP contribution < -0.4 is 0 Å². The fourth-order valence-electron chi connectivity index (χ4n) is 2.08. The lowest BCUT2D eigenvalue weighted by Crippen LogP contribution is -2.36. The van der Waals surface area contributed by atoms with Crippen molar-refractivity contribution in [1.29, 1.82) is 0 Å². The van der Waals surface area contributed by atoms with Crippen LogP contribution in [0.3, 0.4) is 0 Å². The third kappa shape index (κ3) is 4.54. The van der Waals surface area contributed by atoms with Crippen LogP contribution in [0.4, 0.5) is 0 Å². The first-order valence-corrected chi connectivity index (χ1v) is 9.42. The van der Waals surface area contributed by atoms with E-state index in [9.17, 15) is 13.2 Å². The van der Waals surface area contributed by atoms with Crippen molar-refractivity contribution < 1.29 is 13.2 Å². The average Bonchev–Trinajstić information content (AvgIpc) is 2.59. The Labute approximate surface area is 150 Å². The Morgan fingerprint density at radius 3 is 2.29 bits per heavy atom. The molecule has 0 heterocycles. The van der Waals surface area contributed by atoms with Crippen molar-refractivity contribution in [2.75, 3.05) is 13.1 Å². The van der Waals surface area contributed by atoms with E-state index < -0.39 is 10.0 Å². The number of Topliss-reactive ketones (excluding diaryl/α,β-unsaturated/α-hetero) is 1. The van der Waals surface area contributed by atoms with Gasteiger partial charge in [0.05, 0.1) is 18.0 Å². The number of hydrogen-bond donors (Lipinski definition) is 0. The first-order chi connectivity index (χ1) is 11.4. The predicted molar refractivity (Wildman–Crippen MR) is 97.4 cm³/mol. The van der Waals surface area contributed by atoms with Gasteiger partial charge < -0.3 is 0 Å². The summed E-state index contributed by atoms with van der Waals surface area (Å²) < 4.78 is 26.7. The van der Waals surface area contributed by atoms with E-state index in [1.807, 2.05) is 6.92 Å². The summed E-state index contributed by atoms with van der Waals surface area (Å²) in [6.45, 7) is 1.55. The minimum atomic E-state index is -3.80. The molecule has 2 rings (SSSR count). The molecule has 0 saturated carbocycles. The Morgan fingerprint density at radius 2 is 1.71 bits per heavy atom. The minimum absolute atomic E-state index is 0.0694. The highest BCUT2D eigenvalue weighted by Gasteiger charge is 2.26. The van der Waals surface area contributed by atoms with Crippen LogP contribution in [0.25, 0.3) is 0 Å². The topological polar surface area (TPSA) is 54.5 Å². The van der Waals surface area contributed by atoms with Crippen molar-refractivity contribution >= 4 is 31.7 Å². The molecule has 0 fully saturated rings. The van der Waals surface area contributed by atoms with E-state index in [1.54, 1.807) is 42.5 Å². The molecular weight excluding hydrogens is 390 g/mol. The molecule has 0 N–H and O–H groups in total. The lowest BCUT2D eigenvalue weighted by Gasteiger charge is -2.19. The number of aryl methyl sites for hydroxylation is 1. The number of carbonyl (C=O) groups excluding carboxylic acids is 1. The van der Waals surface area contributed by atoms with Crippen molar-refractivity contribution in [1.82, 2.24) is 4.31 Å². The molecule has 124 valence electrons. The second-order valence-corrected chi connectivity index (χ2v) is 7.48. The zero-order valence-corrected chi connectivity index (χ0v) is 15.5. The summed E-state index contributed by atoms with van der Waals surface area (Å²) in [5.74, 6) is 2.38. The highest BCUT2D eigenvalue weighted by molar-refractivity contribution is 9.12. The monoisotopic (exact) mass is 405 g/mol. The molecule has 0 aromatic heterocycles. The summed E-state index contributed by atoms with van der Waals surface area (Å²) in [6, 6.07) is 15.1. The number of halogens is 1. The van der Waals surface area contributed by atoms with E-state index in [0.717, 1.165) is 9.87 Å². The Balaban J connectivity index is 2.31. The summed E-state index contributed by atoms with van der Waals surface area (Å²) in [6.07, 6.45) is 0. The van der Waals surface area contributed by atoms with Crippen LogP contribution in [0.2, 0.25) is 0 Å². The van der Waals surface area contributed by atoms with E-state index >= 15 is 0 Å². The van der Waals surface area contributed by atoms with E-state index in [2.05, 4.69) is 26.7 Å². The number of rotatable bonds is 6. The molecule has 0 atom stereocenters. The molecule has 0 bridgehead atoms. The maximum Gasteiger partial charge on any atom is 0.244 e. The summed E-state index contributed by atoms with van der Waals surface area (Å²) in [7, 11) is -3.80. The van der Waals surface area contributed by atoms with Crippen LogP contribution in [0.1, 0.15) is 15.9 Å². The summed E-state index contributed by atoms with van der Waals surface area (Å²) in [5.41, 5.74) is 1.43. The standard InChI is InChI=1S/C18H16BrNO3S/c1-15-8-10-17(11-9-15)24(22,23)20(13-5-12-19)14-18(21)16-6-3-2-4-7-16/h2-4,6-11H,13-14H2,1H3. The van der Waals surface area contributed by atoms with Crippen molar-refractivity contribution in [2.24, 2.45) is 0 Å². The van der Waals surface area contributed by atoms with E-state index in [0.29, 0.717) is 5.56 Å². The lowest BCUT2D eigenvalue weighted by atomic mass is 10.1. The van der Waals surface area contributed by atoms with Gasteiger partial charge in [0.15, 0.2) is 5.78 Å². The van der Waals surface area contributed by atoms with Gasteiger partial charge in [-0.1, -0.05) is 53.9 Å². The summed E-state index contributed by atoms with van der Waals surface area (Å²) in [4.78, 5) is 15.0. The van der Waals surface area contributed by atoms with Crippen molar-refractivity contribution in [3.8, 4) is 10.8 Å². The molecule has 0 amide bonds. The first kappa shape index (κ1) is 18.4. The first-order valence-electron chi connectivity index (χ1n) is 7.18. The van der Waals surface area contributed by atoms with Crippen LogP contribution in [0, 0.1) is 17.7 Å². The lowest BCUT2D eigenvalue weighted by molar-refractivity contribution is 0.0970. The number of sulfonamides is 1. The molecule has 0 aliphatic carbocycles. The van der Waals surface area contributed by atoms with E-state index in [-0.39, 0.29) is 23.8 Å². The summed E-state index contributed by atoms with van der Waals surface area (Å²) >= 11 is 2.95. The smallest absolute Gasteiger partial charge is 0.244 e. The minimum Gasteiger partial charge on any atom is -0.293 e. The Kier molecular flexibility index (Phi) is 6.32. The maximum atomic E-state index is 12.8. The van der Waals surface area contributed by atoms with Crippen LogP contribution in [-0.2, 0) is 10.0 Å². The molecule has 0 spiro atoms. The zero-order chi connectivity index (χ0) is 17.6. The van der Waals surface area contributed by atoms with E-state index in [1.165, 1.54) is 12.1 Å². The molecule has 0 aliphatic rings. The van der Waals surface area contributed by atoms with Gasteiger partial charge in [0, 0.05) is 21.5 Å². The van der Waals surface area contributed by atoms with E-state index in [4.69, 9.17) is 0 Å². The normalized spacial score (nSPS) is 11.0. The predicted octanol–water partition coefficient (Wildman–Crippen LogP) is 3.22. The molecule has 4 nitrogen and oxygen atoms in total. The van der Waals surface area contributed by atoms with Gasteiger partial charge in [-0.25, -0.2) is 8.42 Å². The summed E-state index contributed by atoms with van der Waals surface area (Å²) in [5, 5.41) is 0. The van der Waals surface area contributed by atoms with Crippen molar-refractivity contribution in [3.05, 3.63) is 65.7 Å². The SMILES string of the molecule is Cc1ccc(S(=O)(=O)N(CC#CBr)CC(=O)c2ccccc2)cc1. The fraction of sp³-hybridized carbons (Fsp3) is 0.167. The highest BCUT2D eigenvalue weighted by atomic mass is 79.9. The molecule has 24 heavy (non-hydrogen) atoms. The van der Waals surface area contributed by atoms with Crippen LogP contribution in [0.5, 0.6) is 0 Å². The van der Waals surface area contributed by atoms with Gasteiger partial charge in [-0.2, -0.15) is 4.31 Å². The molecular formula is C18H16BrNO3S. The van der Waals surface area contributed by atoms with Gasteiger partial charge in [0.25, 0.3) is 0 Å². The molecule has 6 heteroatoms. The molecule has 0 radical (unpaired) electrons. The van der Waals surface area contributed by atoms with Crippen LogP contribution >= 0.6 is 15.9 Å². The average molecular weight is 406 g/mol. The third-order valence-corrected chi connectivity index (χ3v) is 5.48. The fourth-order valence-corrected chi connectivity index (χ4v) is 3.50. The van der Waals surface area contributed by atoms with Gasteiger partial charge in [-0.05, 0) is 23.9 Å². The van der Waals surface area contributed by atoms with Crippen LogP contribution in [-0.4, -0.2) is 31.6 Å². The number of ketones is 1. The van der Waals surface area contributed by atoms with Gasteiger partial charge in [0.1, 0.15) is 0 Å². The second-order valence-electron chi connectivity index (χ2n) is 5.15. The molecule has 0 saturated heterocycles. The Morgan fingerprint density at radius 1 is 1.08 bits per heavy atom. The van der Waals surface area contributed by atoms with Gasteiger partial charge in [-0.15, -0.1) is 0 Å². The van der Waals surface area contributed by atoms with Crippen LogP contribution in [0.15, 0.2) is 59.5 Å². The Bertz CT molecular complexity index is 866. The quantitative estimate of drug-likeness (QED) is 0.547. The molecule has 2 aromatic carbocycles. The number of carbonyl (C=O) groups is 1. The van der Waals surface area contributed by atoms with Crippen molar-refractivity contribution in [2.45, 2.75) is 11.8 Å². The number of hydrogen-bond acceptors (Lipinski definition) is 3. The highest BCUT2D eigenvalue weighted by Crippen LogP contribution is 2.17. The third-order valence-electron chi connectivity index (χ3n) is 3.40. The second kappa shape index (κ2) is 8.25. The Hall–Kier alpha value is -1.94.